The molecule has 0 aliphatic carbocycles. The minimum Gasteiger partial charge on any atom is -0.441 e. The van der Waals surface area contributed by atoms with Crippen LogP contribution in [0.5, 0.6) is 0 Å². The van der Waals surface area contributed by atoms with E-state index < -0.39 is 0 Å². The van der Waals surface area contributed by atoms with Gasteiger partial charge in [0, 0.05) is 24.4 Å². The average Bonchev–Trinajstić information content (AvgIpc) is 3.07. The van der Waals surface area contributed by atoms with E-state index in [2.05, 4.69) is 46.5 Å². The predicted molar refractivity (Wildman–Crippen MR) is 106 cm³/mol. The third kappa shape index (κ3) is 3.60. The standard InChI is InChI=1S/C22H25N3O2/c1-16-24-19-9-8-17(14-20(19)27-16)21(26)23-15-22(10-12-25(2)13-11-22)18-6-4-3-5-7-18/h3-9,14H,10-13,15H2,1-2H3,(H,23,26). The van der Waals surface area contributed by atoms with Crippen LogP contribution in [0.1, 0.15) is 34.7 Å². The molecule has 1 aliphatic rings. The van der Waals surface area contributed by atoms with Crippen LogP contribution in [-0.4, -0.2) is 42.5 Å². The molecule has 27 heavy (non-hydrogen) atoms. The van der Waals surface area contributed by atoms with Gasteiger partial charge in [0.15, 0.2) is 11.5 Å². The first-order valence-corrected chi connectivity index (χ1v) is 9.45. The number of carbonyl (C=O) groups is 1. The van der Waals surface area contributed by atoms with E-state index in [1.807, 2.05) is 25.1 Å². The maximum absolute atomic E-state index is 12.8. The Kier molecular flexibility index (Phi) is 4.70. The van der Waals surface area contributed by atoms with Gasteiger partial charge in [0.05, 0.1) is 0 Å². The van der Waals surface area contributed by atoms with Crippen molar-refractivity contribution >= 4 is 17.0 Å². The highest BCUT2D eigenvalue weighted by atomic mass is 16.3. The number of carbonyl (C=O) groups excluding carboxylic acids is 1. The third-order valence-corrected chi connectivity index (χ3v) is 5.68. The van der Waals surface area contributed by atoms with Crippen molar-refractivity contribution in [1.82, 2.24) is 15.2 Å². The smallest absolute Gasteiger partial charge is 0.251 e. The number of aromatic nitrogens is 1. The molecule has 1 aliphatic heterocycles. The second kappa shape index (κ2) is 7.16. The van der Waals surface area contributed by atoms with Crippen molar-refractivity contribution < 1.29 is 9.21 Å². The van der Waals surface area contributed by atoms with Gasteiger partial charge >= 0.3 is 0 Å². The zero-order chi connectivity index (χ0) is 18.9. The molecular weight excluding hydrogens is 338 g/mol. The van der Waals surface area contributed by atoms with E-state index in [4.69, 9.17) is 4.42 Å². The van der Waals surface area contributed by atoms with Crippen LogP contribution in [-0.2, 0) is 5.41 Å². The Morgan fingerprint density at radius 3 is 2.67 bits per heavy atom. The summed E-state index contributed by atoms with van der Waals surface area (Å²) in [5.41, 5.74) is 3.32. The van der Waals surface area contributed by atoms with Gasteiger partial charge in [0.2, 0.25) is 0 Å². The van der Waals surface area contributed by atoms with E-state index in [1.165, 1.54) is 5.56 Å². The molecule has 2 aromatic carbocycles. The van der Waals surface area contributed by atoms with Gasteiger partial charge in [-0.2, -0.15) is 0 Å². The molecule has 1 fully saturated rings. The number of benzene rings is 2. The van der Waals surface area contributed by atoms with Gasteiger partial charge in [-0.05, 0) is 56.7 Å². The van der Waals surface area contributed by atoms with Crippen molar-refractivity contribution in [3.63, 3.8) is 0 Å². The Bertz CT molecular complexity index is 941. The molecule has 1 amide bonds. The molecule has 0 unspecified atom stereocenters. The number of likely N-dealkylation sites (tertiary alicyclic amines) is 1. The van der Waals surface area contributed by atoms with Crippen molar-refractivity contribution in [2.24, 2.45) is 0 Å². The number of nitrogens with zero attached hydrogens (tertiary/aromatic N) is 2. The van der Waals surface area contributed by atoms with Crippen molar-refractivity contribution in [2.75, 3.05) is 26.7 Å². The molecule has 2 heterocycles. The quantitative estimate of drug-likeness (QED) is 0.770. The first-order chi connectivity index (χ1) is 13.1. The highest BCUT2D eigenvalue weighted by Gasteiger charge is 2.35. The molecule has 0 radical (unpaired) electrons. The molecule has 1 N–H and O–H groups in total. The number of piperidine rings is 1. The topological polar surface area (TPSA) is 58.4 Å². The van der Waals surface area contributed by atoms with Crippen LogP contribution in [0.4, 0.5) is 0 Å². The fraction of sp³-hybridized carbons (Fsp3) is 0.364. The van der Waals surface area contributed by atoms with Crippen molar-refractivity contribution in [3.8, 4) is 0 Å². The molecule has 5 nitrogen and oxygen atoms in total. The van der Waals surface area contributed by atoms with Crippen LogP contribution in [0.2, 0.25) is 0 Å². The molecule has 0 spiro atoms. The third-order valence-electron chi connectivity index (χ3n) is 5.68. The summed E-state index contributed by atoms with van der Waals surface area (Å²) in [4.78, 5) is 19.4. The van der Waals surface area contributed by atoms with Gasteiger partial charge < -0.3 is 14.6 Å². The highest BCUT2D eigenvalue weighted by molar-refractivity contribution is 5.97. The normalized spacial score (nSPS) is 17.1. The Labute approximate surface area is 159 Å². The number of fused-ring (bicyclic) bond motifs is 1. The lowest BCUT2D eigenvalue weighted by Gasteiger charge is -2.41. The predicted octanol–water partition coefficient (Wildman–Crippen LogP) is 3.53. The van der Waals surface area contributed by atoms with Crippen LogP contribution < -0.4 is 5.32 Å². The van der Waals surface area contributed by atoms with E-state index in [0.717, 1.165) is 31.4 Å². The number of amides is 1. The molecular formula is C22H25N3O2. The summed E-state index contributed by atoms with van der Waals surface area (Å²) in [7, 11) is 2.15. The summed E-state index contributed by atoms with van der Waals surface area (Å²) in [6.45, 7) is 4.52. The Balaban J connectivity index is 1.53. The lowest BCUT2D eigenvalue weighted by atomic mass is 9.72. The van der Waals surface area contributed by atoms with Gasteiger partial charge in [0.1, 0.15) is 5.52 Å². The molecule has 1 saturated heterocycles. The van der Waals surface area contributed by atoms with Gasteiger partial charge in [-0.1, -0.05) is 30.3 Å². The molecule has 0 bridgehead atoms. The summed E-state index contributed by atoms with van der Waals surface area (Å²) in [5.74, 6) is 0.539. The fourth-order valence-electron chi connectivity index (χ4n) is 3.94. The van der Waals surface area contributed by atoms with E-state index in [-0.39, 0.29) is 11.3 Å². The van der Waals surface area contributed by atoms with Crippen LogP contribution >= 0.6 is 0 Å². The summed E-state index contributed by atoms with van der Waals surface area (Å²) < 4.78 is 5.56. The summed E-state index contributed by atoms with van der Waals surface area (Å²) in [6, 6.07) is 16.0. The first kappa shape index (κ1) is 17.7. The monoisotopic (exact) mass is 363 g/mol. The average molecular weight is 363 g/mol. The van der Waals surface area contributed by atoms with Crippen molar-refractivity contribution in [2.45, 2.75) is 25.2 Å². The molecule has 4 rings (SSSR count). The lowest BCUT2D eigenvalue weighted by molar-refractivity contribution is 0.0928. The van der Waals surface area contributed by atoms with E-state index >= 15 is 0 Å². The fourth-order valence-corrected chi connectivity index (χ4v) is 3.94. The Morgan fingerprint density at radius 1 is 1.19 bits per heavy atom. The van der Waals surface area contributed by atoms with Crippen LogP contribution in [0.15, 0.2) is 52.9 Å². The van der Waals surface area contributed by atoms with Gasteiger partial charge in [-0.15, -0.1) is 0 Å². The Morgan fingerprint density at radius 2 is 1.93 bits per heavy atom. The largest absolute Gasteiger partial charge is 0.441 e. The molecule has 0 atom stereocenters. The molecule has 5 heteroatoms. The second-order valence-corrected chi connectivity index (χ2v) is 7.55. The summed E-state index contributed by atoms with van der Waals surface area (Å²) in [5, 5.41) is 3.17. The molecule has 140 valence electrons. The van der Waals surface area contributed by atoms with E-state index in [0.29, 0.717) is 23.6 Å². The maximum atomic E-state index is 12.8. The zero-order valence-electron chi connectivity index (χ0n) is 15.9. The molecule has 3 aromatic rings. The number of oxazole rings is 1. The SMILES string of the molecule is Cc1nc2ccc(C(=O)NCC3(c4ccccc4)CCN(C)CC3)cc2o1. The summed E-state index contributed by atoms with van der Waals surface area (Å²) >= 11 is 0. The minimum atomic E-state index is -0.0693. The van der Waals surface area contributed by atoms with Crippen LogP contribution in [0.3, 0.4) is 0 Å². The van der Waals surface area contributed by atoms with Crippen LogP contribution in [0.25, 0.3) is 11.1 Å². The lowest BCUT2D eigenvalue weighted by Crippen LogP contribution is -2.48. The van der Waals surface area contributed by atoms with Gasteiger partial charge in [-0.25, -0.2) is 4.98 Å². The van der Waals surface area contributed by atoms with E-state index in [9.17, 15) is 4.79 Å². The number of hydrogen-bond acceptors (Lipinski definition) is 4. The van der Waals surface area contributed by atoms with Crippen molar-refractivity contribution in [3.05, 3.63) is 65.5 Å². The van der Waals surface area contributed by atoms with E-state index in [1.54, 1.807) is 6.07 Å². The Hall–Kier alpha value is -2.66. The number of rotatable bonds is 4. The molecule has 0 saturated carbocycles. The highest BCUT2D eigenvalue weighted by Crippen LogP contribution is 2.34. The van der Waals surface area contributed by atoms with Gasteiger partial charge in [-0.3, -0.25) is 4.79 Å². The maximum Gasteiger partial charge on any atom is 0.251 e. The minimum absolute atomic E-state index is 0.0175. The second-order valence-electron chi connectivity index (χ2n) is 7.55. The number of nitrogens with one attached hydrogen (secondary N) is 1. The zero-order valence-corrected chi connectivity index (χ0v) is 15.9. The van der Waals surface area contributed by atoms with Gasteiger partial charge in [0.25, 0.3) is 5.91 Å². The number of hydrogen-bond donors (Lipinski definition) is 1. The van der Waals surface area contributed by atoms with Crippen molar-refractivity contribution in [1.29, 1.82) is 0 Å². The summed E-state index contributed by atoms with van der Waals surface area (Å²) in [6.07, 6.45) is 2.07. The number of aryl methyl sites for hydroxylation is 1. The first-order valence-electron chi connectivity index (χ1n) is 9.45. The van der Waals surface area contributed by atoms with Crippen LogP contribution in [0, 0.1) is 6.92 Å². The molecule has 1 aromatic heterocycles.